The molecule has 1 aromatic carbocycles. The minimum atomic E-state index is -3.84. The van der Waals surface area contributed by atoms with Crippen molar-refractivity contribution in [2.45, 2.75) is 4.90 Å². The Balaban J connectivity index is 2.14. The minimum absolute atomic E-state index is 0.0955. The van der Waals surface area contributed by atoms with Crippen LogP contribution in [0.3, 0.4) is 0 Å². The molecule has 3 rings (SSSR count). The molecule has 124 valence electrons. The molecule has 2 heterocycles. The van der Waals surface area contributed by atoms with Gasteiger partial charge in [0.25, 0.3) is 15.9 Å². The molecule has 1 aliphatic rings. The topological polar surface area (TPSA) is 88.6 Å². The molecule has 1 aliphatic heterocycles. The molecular weight excluding hydrogens is 330 g/mol. The molecule has 0 radical (unpaired) electrons. The first-order valence-electron chi connectivity index (χ1n) is 7.06. The highest BCUT2D eigenvalue weighted by Crippen LogP contribution is 2.36. The zero-order valence-corrected chi connectivity index (χ0v) is 13.9. The fourth-order valence-corrected chi connectivity index (χ4v) is 3.87. The number of fused-ring (bicyclic) bond motifs is 1. The van der Waals surface area contributed by atoms with E-state index in [1.54, 1.807) is 36.4 Å². The quantitative estimate of drug-likeness (QED) is 0.914. The number of anilines is 1. The first kappa shape index (κ1) is 16.0. The van der Waals surface area contributed by atoms with Gasteiger partial charge in [-0.25, -0.2) is 13.4 Å². The van der Waals surface area contributed by atoms with E-state index in [-0.39, 0.29) is 16.4 Å². The Hall–Kier alpha value is -2.87. The number of carbonyl (C=O) groups excluding carboxylic acids is 1. The van der Waals surface area contributed by atoms with Crippen LogP contribution in [0.5, 0.6) is 0 Å². The lowest BCUT2D eigenvalue weighted by atomic mass is 10.1. The van der Waals surface area contributed by atoms with Gasteiger partial charge in [0.15, 0.2) is 11.5 Å². The standard InChI is InChI=1S/C16H15N3O4S/c1-19-14(16(20)18-13-9-5-6-10-17-13)15(23-2)11-7-3-4-8-12(11)24(19,21)22/h3-10H,1-2H3,(H,17,18,20). The average Bonchev–Trinajstić information content (AvgIpc) is 2.59. The Bertz CT molecular complexity index is 923. The predicted molar refractivity (Wildman–Crippen MR) is 88.2 cm³/mol. The van der Waals surface area contributed by atoms with Crippen LogP contribution in [-0.4, -0.2) is 37.8 Å². The number of aromatic nitrogens is 1. The molecule has 0 aliphatic carbocycles. The van der Waals surface area contributed by atoms with Gasteiger partial charge in [-0.1, -0.05) is 18.2 Å². The lowest BCUT2D eigenvalue weighted by Crippen LogP contribution is -2.37. The van der Waals surface area contributed by atoms with Crippen molar-refractivity contribution in [3.63, 3.8) is 0 Å². The number of benzene rings is 1. The molecule has 1 N–H and O–H groups in total. The van der Waals surface area contributed by atoms with E-state index in [1.807, 2.05) is 0 Å². The highest BCUT2D eigenvalue weighted by atomic mass is 32.2. The number of hydrogen-bond donors (Lipinski definition) is 1. The number of ether oxygens (including phenoxy) is 1. The van der Waals surface area contributed by atoms with Gasteiger partial charge in [0.1, 0.15) is 5.82 Å². The summed E-state index contributed by atoms with van der Waals surface area (Å²) in [6.45, 7) is 0. The van der Waals surface area contributed by atoms with E-state index in [9.17, 15) is 13.2 Å². The first-order chi connectivity index (χ1) is 11.5. The third-order valence-electron chi connectivity index (χ3n) is 3.63. The van der Waals surface area contributed by atoms with Crippen LogP contribution < -0.4 is 5.32 Å². The highest BCUT2D eigenvalue weighted by molar-refractivity contribution is 7.89. The summed E-state index contributed by atoms with van der Waals surface area (Å²) in [5.74, 6) is -0.113. The van der Waals surface area contributed by atoms with Crippen LogP contribution in [0.15, 0.2) is 59.3 Å². The fourth-order valence-electron chi connectivity index (χ4n) is 2.48. The average molecular weight is 345 g/mol. The molecule has 2 aromatic rings. The maximum Gasteiger partial charge on any atom is 0.277 e. The fraction of sp³-hybridized carbons (Fsp3) is 0.125. The lowest BCUT2D eigenvalue weighted by molar-refractivity contribution is -0.113. The van der Waals surface area contributed by atoms with Crippen LogP contribution in [0.4, 0.5) is 5.82 Å². The van der Waals surface area contributed by atoms with Crippen molar-refractivity contribution in [3.8, 4) is 0 Å². The molecule has 8 heteroatoms. The van der Waals surface area contributed by atoms with Crippen LogP contribution in [0.25, 0.3) is 5.76 Å². The third-order valence-corrected chi connectivity index (χ3v) is 5.44. The molecule has 0 fully saturated rings. The first-order valence-corrected chi connectivity index (χ1v) is 8.50. The van der Waals surface area contributed by atoms with Crippen molar-refractivity contribution in [3.05, 3.63) is 59.9 Å². The molecule has 1 aromatic heterocycles. The van der Waals surface area contributed by atoms with Gasteiger partial charge in [0.05, 0.1) is 12.0 Å². The molecule has 24 heavy (non-hydrogen) atoms. The van der Waals surface area contributed by atoms with Crippen LogP contribution in [0, 0.1) is 0 Å². The van der Waals surface area contributed by atoms with Crippen molar-refractivity contribution in [2.75, 3.05) is 19.5 Å². The molecular formula is C16H15N3O4S. The van der Waals surface area contributed by atoms with Crippen LogP contribution in [0.1, 0.15) is 5.56 Å². The van der Waals surface area contributed by atoms with Crippen LogP contribution in [0.2, 0.25) is 0 Å². The molecule has 0 unspecified atom stereocenters. The van der Waals surface area contributed by atoms with E-state index in [1.165, 1.54) is 26.4 Å². The summed E-state index contributed by atoms with van der Waals surface area (Å²) >= 11 is 0. The summed E-state index contributed by atoms with van der Waals surface area (Å²) in [6.07, 6.45) is 1.53. The largest absolute Gasteiger partial charge is 0.494 e. The number of rotatable bonds is 3. The Morgan fingerprint density at radius 3 is 2.54 bits per heavy atom. The smallest absolute Gasteiger partial charge is 0.277 e. The number of nitrogens with one attached hydrogen (secondary N) is 1. The Kier molecular flexibility index (Phi) is 3.98. The molecule has 0 bridgehead atoms. The zero-order chi connectivity index (χ0) is 17.3. The second-order valence-electron chi connectivity index (χ2n) is 5.02. The Labute approximate surface area is 139 Å². The molecule has 0 spiro atoms. The summed E-state index contributed by atoms with van der Waals surface area (Å²) in [5.41, 5.74) is 0.256. The minimum Gasteiger partial charge on any atom is -0.494 e. The van der Waals surface area contributed by atoms with E-state index in [4.69, 9.17) is 4.74 Å². The number of methoxy groups -OCH3 is 1. The van der Waals surface area contributed by atoms with E-state index in [2.05, 4.69) is 10.3 Å². The monoisotopic (exact) mass is 345 g/mol. The summed E-state index contributed by atoms with van der Waals surface area (Å²) in [4.78, 5) is 16.8. The number of likely N-dealkylation sites (N-methyl/N-ethyl adjacent to an activating group) is 1. The van der Waals surface area contributed by atoms with Gasteiger partial charge in [0, 0.05) is 18.8 Å². The summed E-state index contributed by atoms with van der Waals surface area (Å²) in [6, 6.07) is 11.4. The summed E-state index contributed by atoms with van der Waals surface area (Å²) < 4.78 is 31.6. The van der Waals surface area contributed by atoms with E-state index in [0.29, 0.717) is 11.4 Å². The van der Waals surface area contributed by atoms with Gasteiger partial charge in [-0.15, -0.1) is 0 Å². The van der Waals surface area contributed by atoms with Crippen molar-refractivity contribution in [1.29, 1.82) is 0 Å². The third kappa shape index (κ3) is 2.50. The summed E-state index contributed by atoms with van der Waals surface area (Å²) in [5, 5.41) is 2.58. The molecule has 0 saturated carbocycles. The Morgan fingerprint density at radius 1 is 1.17 bits per heavy atom. The zero-order valence-electron chi connectivity index (χ0n) is 13.1. The van der Waals surface area contributed by atoms with Gasteiger partial charge < -0.3 is 10.1 Å². The maximum absolute atomic E-state index is 12.7. The van der Waals surface area contributed by atoms with Gasteiger partial charge >= 0.3 is 0 Å². The SMILES string of the molecule is COC1=C(C(=O)Nc2ccccn2)N(C)S(=O)(=O)c2ccccc21. The van der Waals surface area contributed by atoms with Gasteiger partial charge in [-0.05, 0) is 24.3 Å². The molecule has 1 amide bonds. The summed E-state index contributed by atoms with van der Waals surface area (Å²) in [7, 11) is -1.12. The second kappa shape index (κ2) is 5.97. The number of nitrogens with zero attached hydrogens (tertiary/aromatic N) is 2. The van der Waals surface area contributed by atoms with Crippen molar-refractivity contribution < 1.29 is 17.9 Å². The van der Waals surface area contributed by atoms with Crippen molar-refractivity contribution in [1.82, 2.24) is 9.29 Å². The molecule has 0 atom stereocenters. The Morgan fingerprint density at radius 2 is 1.88 bits per heavy atom. The van der Waals surface area contributed by atoms with Gasteiger partial charge in [-0.3, -0.25) is 9.10 Å². The van der Waals surface area contributed by atoms with Crippen LogP contribution >= 0.6 is 0 Å². The van der Waals surface area contributed by atoms with Gasteiger partial charge in [-0.2, -0.15) is 0 Å². The van der Waals surface area contributed by atoms with E-state index >= 15 is 0 Å². The maximum atomic E-state index is 12.7. The molecule has 0 saturated heterocycles. The second-order valence-corrected chi connectivity index (χ2v) is 6.96. The highest BCUT2D eigenvalue weighted by Gasteiger charge is 2.38. The number of hydrogen-bond acceptors (Lipinski definition) is 5. The predicted octanol–water partition coefficient (Wildman–Crippen LogP) is 1.67. The lowest BCUT2D eigenvalue weighted by Gasteiger charge is -2.29. The number of sulfonamides is 1. The van der Waals surface area contributed by atoms with Crippen molar-refractivity contribution >= 4 is 27.5 Å². The van der Waals surface area contributed by atoms with E-state index in [0.717, 1.165) is 4.31 Å². The number of carbonyl (C=O) groups is 1. The molecule has 7 nitrogen and oxygen atoms in total. The van der Waals surface area contributed by atoms with Gasteiger partial charge in [0.2, 0.25) is 0 Å². The normalized spacial score (nSPS) is 15.7. The van der Waals surface area contributed by atoms with E-state index < -0.39 is 15.9 Å². The van der Waals surface area contributed by atoms with Crippen LogP contribution in [-0.2, 0) is 19.6 Å². The number of pyridine rings is 1. The van der Waals surface area contributed by atoms with Crippen molar-refractivity contribution in [2.24, 2.45) is 0 Å². The number of amides is 1.